The van der Waals surface area contributed by atoms with Gasteiger partial charge in [0.05, 0.1) is 12.8 Å². The van der Waals surface area contributed by atoms with E-state index in [-0.39, 0.29) is 0 Å². The number of fused-ring (bicyclic) bond motifs is 1. The highest BCUT2D eigenvalue weighted by atomic mass is 16.5. The number of aryl methyl sites for hydroxylation is 1. The van der Waals surface area contributed by atoms with Gasteiger partial charge in [-0.3, -0.25) is 4.68 Å². The van der Waals surface area contributed by atoms with Gasteiger partial charge in [-0.1, -0.05) is 24.3 Å². The van der Waals surface area contributed by atoms with Gasteiger partial charge >= 0.3 is 5.97 Å². The topological polar surface area (TPSA) is 76.8 Å². The number of aromatic nitrogens is 2. The van der Waals surface area contributed by atoms with Crippen LogP contribution in [0.2, 0.25) is 0 Å². The molecule has 7 heteroatoms. The zero-order chi connectivity index (χ0) is 25.3. The first-order valence-corrected chi connectivity index (χ1v) is 12.7. The summed E-state index contributed by atoms with van der Waals surface area (Å²) in [6, 6.07) is 14.2. The minimum atomic E-state index is -0.869. The van der Waals surface area contributed by atoms with Crippen LogP contribution in [-0.4, -0.2) is 47.2 Å². The Balaban J connectivity index is 0.000000543. The summed E-state index contributed by atoms with van der Waals surface area (Å²) in [7, 11) is 0. The second-order valence-electron chi connectivity index (χ2n) is 8.87. The molecule has 5 rings (SSSR count). The van der Waals surface area contributed by atoms with Crippen LogP contribution < -0.4 is 9.64 Å². The Morgan fingerprint density at radius 3 is 2.61 bits per heavy atom. The molecule has 0 unspecified atom stereocenters. The minimum absolute atomic E-state index is 0.420. The van der Waals surface area contributed by atoms with Crippen LogP contribution in [0.3, 0.4) is 0 Å². The van der Waals surface area contributed by atoms with Gasteiger partial charge in [-0.25, -0.2) is 4.79 Å². The second kappa shape index (κ2) is 12.4. The van der Waals surface area contributed by atoms with Crippen molar-refractivity contribution >= 4 is 17.7 Å². The SMILES string of the molecule is C1CCOC1.CCOc1ccccc1-c1ccc2c(c1)C=C(C(=O)O)CCN2Cc1cnn(CC)c1. The van der Waals surface area contributed by atoms with Gasteiger partial charge in [-0.05, 0) is 68.5 Å². The zero-order valence-corrected chi connectivity index (χ0v) is 21.2. The number of ether oxygens (including phenoxy) is 2. The van der Waals surface area contributed by atoms with Crippen LogP contribution in [0.25, 0.3) is 17.2 Å². The van der Waals surface area contributed by atoms with Gasteiger partial charge < -0.3 is 19.5 Å². The molecule has 2 aliphatic heterocycles. The third-order valence-corrected chi connectivity index (χ3v) is 6.33. The predicted molar refractivity (Wildman–Crippen MR) is 142 cm³/mol. The Bertz CT molecular complexity index is 1190. The monoisotopic (exact) mass is 489 g/mol. The summed E-state index contributed by atoms with van der Waals surface area (Å²) < 4.78 is 12.7. The number of hydrogen-bond acceptors (Lipinski definition) is 5. The summed E-state index contributed by atoms with van der Waals surface area (Å²) in [5.41, 5.74) is 5.46. The fourth-order valence-corrected chi connectivity index (χ4v) is 4.47. The first kappa shape index (κ1) is 25.5. The van der Waals surface area contributed by atoms with Crippen molar-refractivity contribution in [1.29, 1.82) is 0 Å². The van der Waals surface area contributed by atoms with Crippen molar-refractivity contribution in [3.05, 3.63) is 71.6 Å². The number of rotatable bonds is 7. The molecule has 7 nitrogen and oxygen atoms in total. The van der Waals surface area contributed by atoms with Crippen LogP contribution in [0.15, 0.2) is 60.4 Å². The van der Waals surface area contributed by atoms with Crippen molar-refractivity contribution in [3.63, 3.8) is 0 Å². The summed E-state index contributed by atoms with van der Waals surface area (Å²) in [5.74, 6) is -0.0448. The first-order valence-electron chi connectivity index (χ1n) is 12.7. The zero-order valence-electron chi connectivity index (χ0n) is 21.2. The number of carbonyl (C=O) groups is 1. The first-order chi connectivity index (χ1) is 17.6. The van der Waals surface area contributed by atoms with E-state index in [0.717, 1.165) is 53.4 Å². The lowest BCUT2D eigenvalue weighted by Gasteiger charge is -2.25. The van der Waals surface area contributed by atoms with Crippen molar-refractivity contribution in [2.45, 2.75) is 46.2 Å². The van der Waals surface area contributed by atoms with Crippen molar-refractivity contribution in [3.8, 4) is 16.9 Å². The van der Waals surface area contributed by atoms with Crippen LogP contribution in [0.1, 0.15) is 44.2 Å². The highest BCUT2D eigenvalue weighted by Gasteiger charge is 2.21. The molecule has 0 amide bonds. The van der Waals surface area contributed by atoms with E-state index in [1.54, 1.807) is 6.08 Å². The average molecular weight is 490 g/mol. The Hall–Kier alpha value is -3.58. The van der Waals surface area contributed by atoms with Crippen molar-refractivity contribution < 1.29 is 19.4 Å². The number of para-hydroxylation sites is 1. The smallest absolute Gasteiger partial charge is 0.331 e. The van der Waals surface area contributed by atoms with Crippen LogP contribution in [0.5, 0.6) is 5.75 Å². The summed E-state index contributed by atoms with van der Waals surface area (Å²) in [6.45, 7) is 8.75. The summed E-state index contributed by atoms with van der Waals surface area (Å²) >= 11 is 0. The molecule has 0 spiro atoms. The fraction of sp³-hybridized carbons (Fsp3) is 0.379. The molecule has 1 fully saturated rings. The number of aliphatic carboxylic acids is 1. The molecule has 1 aromatic heterocycles. The molecule has 3 heterocycles. The molecule has 1 saturated heterocycles. The third-order valence-electron chi connectivity index (χ3n) is 6.33. The molecule has 0 atom stereocenters. The normalized spacial score (nSPS) is 14.8. The van der Waals surface area contributed by atoms with Gasteiger partial charge in [0.25, 0.3) is 0 Å². The highest BCUT2D eigenvalue weighted by Crippen LogP contribution is 2.36. The summed E-state index contributed by atoms with van der Waals surface area (Å²) in [5, 5.41) is 14.1. The largest absolute Gasteiger partial charge is 0.493 e. The molecule has 0 radical (unpaired) electrons. The van der Waals surface area contributed by atoms with Gasteiger partial charge in [0, 0.05) is 61.4 Å². The molecule has 190 valence electrons. The number of carboxylic acid groups (broad SMARTS) is 1. The lowest BCUT2D eigenvalue weighted by Crippen LogP contribution is -2.24. The highest BCUT2D eigenvalue weighted by molar-refractivity contribution is 5.94. The predicted octanol–water partition coefficient (Wildman–Crippen LogP) is 5.64. The van der Waals surface area contributed by atoms with E-state index in [2.05, 4.69) is 35.1 Å². The molecule has 0 aliphatic carbocycles. The number of hydrogen-bond donors (Lipinski definition) is 1. The van der Waals surface area contributed by atoms with E-state index in [9.17, 15) is 9.90 Å². The summed E-state index contributed by atoms with van der Waals surface area (Å²) in [6.07, 6.45) is 8.77. The van der Waals surface area contributed by atoms with E-state index >= 15 is 0 Å². The van der Waals surface area contributed by atoms with E-state index in [1.807, 2.05) is 48.3 Å². The van der Waals surface area contributed by atoms with Gasteiger partial charge in [0.2, 0.25) is 0 Å². The van der Waals surface area contributed by atoms with Gasteiger partial charge in [-0.15, -0.1) is 0 Å². The Kier molecular flexibility index (Phi) is 8.79. The molecule has 36 heavy (non-hydrogen) atoms. The van der Waals surface area contributed by atoms with Gasteiger partial charge in [0.15, 0.2) is 0 Å². The van der Waals surface area contributed by atoms with Crippen molar-refractivity contribution in [1.82, 2.24) is 9.78 Å². The Morgan fingerprint density at radius 2 is 1.94 bits per heavy atom. The van der Waals surface area contributed by atoms with Crippen LogP contribution in [0.4, 0.5) is 5.69 Å². The van der Waals surface area contributed by atoms with Gasteiger partial charge in [-0.2, -0.15) is 5.10 Å². The number of nitrogens with zero attached hydrogens (tertiary/aromatic N) is 3. The average Bonchev–Trinajstić information content (AvgIpc) is 3.59. The molecule has 2 aromatic carbocycles. The minimum Gasteiger partial charge on any atom is -0.493 e. The maximum absolute atomic E-state index is 11.8. The molecule has 0 saturated carbocycles. The van der Waals surface area contributed by atoms with Crippen molar-refractivity contribution in [2.75, 3.05) is 31.3 Å². The van der Waals surface area contributed by atoms with Crippen LogP contribution >= 0.6 is 0 Å². The lowest BCUT2D eigenvalue weighted by molar-refractivity contribution is -0.132. The quantitative estimate of drug-likeness (QED) is 0.463. The maximum Gasteiger partial charge on any atom is 0.331 e. The lowest BCUT2D eigenvalue weighted by atomic mass is 9.99. The molecular formula is C29H35N3O4. The van der Waals surface area contributed by atoms with Gasteiger partial charge in [0.1, 0.15) is 5.75 Å². The molecular weight excluding hydrogens is 454 g/mol. The number of carboxylic acids is 1. The van der Waals surface area contributed by atoms with E-state index in [4.69, 9.17) is 9.47 Å². The summed E-state index contributed by atoms with van der Waals surface area (Å²) in [4.78, 5) is 14.0. The Morgan fingerprint density at radius 1 is 1.14 bits per heavy atom. The van der Waals surface area contributed by atoms with Crippen LogP contribution in [0, 0.1) is 0 Å². The second-order valence-corrected chi connectivity index (χ2v) is 8.87. The number of benzene rings is 2. The van der Waals surface area contributed by atoms with Crippen LogP contribution in [-0.2, 0) is 22.6 Å². The number of anilines is 1. The standard InChI is InChI=1S/C25H27N3O3.C4H8O/c1-3-28-17-18(15-26-28)16-27-12-11-20(25(29)30)14-21-13-19(9-10-23(21)27)22-7-5-6-8-24(22)31-4-2;1-2-4-5-3-1/h5-10,13-15,17H,3-4,11-12,16H2,1-2H3,(H,29,30);1-4H2. The maximum atomic E-state index is 11.8. The van der Waals surface area contributed by atoms with Crippen molar-refractivity contribution in [2.24, 2.45) is 0 Å². The molecule has 0 bridgehead atoms. The van der Waals surface area contributed by atoms with E-state index < -0.39 is 5.97 Å². The molecule has 2 aliphatic rings. The van der Waals surface area contributed by atoms with E-state index in [0.29, 0.717) is 31.7 Å². The fourth-order valence-electron chi connectivity index (χ4n) is 4.47. The molecule has 1 N–H and O–H groups in total. The Labute approximate surface area is 213 Å². The third kappa shape index (κ3) is 6.34. The van der Waals surface area contributed by atoms with E-state index in [1.165, 1.54) is 12.8 Å². The molecule has 3 aromatic rings.